The van der Waals surface area contributed by atoms with Crippen molar-refractivity contribution < 1.29 is 13.0 Å². The minimum absolute atomic E-state index is 0.0926. The number of hydrogen-bond donors (Lipinski definition) is 2. The van der Waals surface area contributed by atoms with Gasteiger partial charge in [-0.15, -0.1) is 0 Å². The van der Waals surface area contributed by atoms with Gasteiger partial charge >= 0.3 is 10.3 Å². The van der Waals surface area contributed by atoms with Crippen LogP contribution in [-0.4, -0.2) is 30.0 Å². The molecule has 66 valence electrons. The van der Waals surface area contributed by atoms with E-state index in [1.165, 1.54) is 0 Å². The molecule has 0 saturated carbocycles. The van der Waals surface area contributed by atoms with Gasteiger partial charge < -0.3 is 0 Å². The maximum atomic E-state index is 10.3. The Labute approximate surface area is 70.6 Å². The highest BCUT2D eigenvalue weighted by molar-refractivity contribution is 8.00. The predicted octanol–water partition coefficient (Wildman–Crippen LogP) is 0.273. The van der Waals surface area contributed by atoms with E-state index in [0.29, 0.717) is 5.25 Å². The summed E-state index contributed by atoms with van der Waals surface area (Å²) in [5.41, 5.74) is 0. The van der Waals surface area contributed by atoms with Gasteiger partial charge in [-0.3, -0.25) is 4.55 Å². The zero-order chi connectivity index (χ0) is 8.48. The van der Waals surface area contributed by atoms with Crippen molar-refractivity contribution >= 4 is 22.1 Å². The van der Waals surface area contributed by atoms with E-state index in [1.54, 1.807) is 11.8 Å². The molecular formula is C5H11NO3S2. The van der Waals surface area contributed by atoms with E-state index in [0.717, 1.165) is 12.2 Å². The maximum Gasteiger partial charge on any atom is 0.333 e. The van der Waals surface area contributed by atoms with Crippen molar-refractivity contribution in [1.29, 1.82) is 0 Å². The smallest absolute Gasteiger partial charge is 0.273 e. The molecule has 0 aromatic carbocycles. The Kier molecular flexibility index (Phi) is 2.79. The number of hydrogen-bond acceptors (Lipinski definition) is 3. The van der Waals surface area contributed by atoms with Gasteiger partial charge in [0.2, 0.25) is 0 Å². The largest absolute Gasteiger partial charge is 0.333 e. The van der Waals surface area contributed by atoms with E-state index >= 15 is 0 Å². The van der Waals surface area contributed by atoms with Crippen LogP contribution >= 0.6 is 11.8 Å². The van der Waals surface area contributed by atoms with Gasteiger partial charge in [0.15, 0.2) is 0 Å². The Balaban J connectivity index is 2.41. The van der Waals surface area contributed by atoms with Crippen LogP contribution in [0.1, 0.15) is 13.3 Å². The van der Waals surface area contributed by atoms with Crippen molar-refractivity contribution in [1.82, 2.24) is 4.72 Å². The standard InChI is InChI=1S/C5H11NO3S2/c1-4-2-5(3-10-4)6-11(7,8)9/h4-6H,2-3H2,1H3,(H,7,8,9). The molecule has 1 aliphatic rings. The Morgan fingerprint density at radius 3 is 2.64 bits per heavy atom. The average Bonchev–Trinajstić information content (AvgIpc) is 2.10. The number of thioether (sulfide) groups is 1. The topological polar surface area (TPSA) is 66.4 Å². The fourth-order valence-electron chi connectivity index (χ4n) is 1.11. The van der Waals surface area contributed by atoms with Gasteiger partial charge in [0.25, 0.3) is 0 Å². The summed E-state index contributed by atoms with van der Waals surface area (Å²) in [5, 5.41) is 0.481. The van der Waals surface area contributed by atoms with Gasteiger partial charge in [-0.25, -0.2) is 0 Å². The minimum atomic E-state index is -3.99. The first-order valence-electron chi connectivity index (χ1n) is 3.34. The molecule has 2 N–H and O–H groups in total. The van der Waals surface area contributed by atoms with Crippen LogP contribution in [-0.2, 0) is 10.3 Å². The average molecular weight is 197 g/mol. The van der Waals surface area contributed by atoms with E-state index in [2.05, 4.69) is 4.72 Å². The van der Waals surface area contributed by atoms with Crippen LogP contribution in [0.15, 0.2) is 0 Å². The third kappa shape index (κ3) is 3.42. The van der Waals surface area contributed by atoms with Gasteiger partial charge in [-0.05, 0) is 6.42 Å². The molecule has 4 nitrogen and oxygen atoms in total. The van der Waals surface area contributed by atoms with Gasteiger partial charge in [0.05, 0.1) is 0 Å². The van der Waals surface area contributed by atoms with E-state index in [1.807, 2.05) is 6.92 Å². The fourth-order valence-corrected chi connectivity index (χ4v) is 2.96. The highest BCUT2D eigenvalue weighted by Gasteiger charge is 2.24. The fraction of sp³-hybridized carbons (Fsp3) is 1.00. The Morgan fingerprint density at radius 2 is 2.27 bits per heavy atom. The highest BCUT2D eigenvalue weighted by Crippen LogP contribution is 2.25. The van der Waals surface area contributed by atoms with Crippen molar-refractivity contribution in [2.24, 2.45) is 0 Å². The van der Waals surface area contributed by atoms with Crippen LogP contribution in [0.3, 0.4) is 0 Å². The van der Waals surface area contributed by atoms with Crippen molar-refractivity contribution in [2.75, 3.05) is 5.75 Å². The summed E-state index contributed by atoms with van der Waals surface area (Å²) in [6, 6.07) is -0.0926. The summed E-state index contributed by atoms with van der Waals surface area (Å²) in [6.07, 6.45) is 0.796. The van der Waals surface area contributed by atoms with Crippen LogP contribution in [0, 0.1) is 0 Å². The monoisotopic (exact) mass is 197 g/mol. The van der Waals surface area contributed by atoms with Gasteiger partial charge in [-0.2, -0.15) is 24.9 Å². The summed E-state index contributed by atoms with van der Waals surface area (Å²) >= 11 is 1.71. The molecule has 0 spiro atoms. The maximum absolute atomic E-state index is 10.3. The molecule has 1 fully saturated rings. The van der Waals surface area contributed by atoms with Gasteiger partial charge in [0, 0.05) is 17.0 Å². The molecular weight excluding hydrogens is 186 g/mol. The molecule has 2 unspecified atom stereocenters. The first-order valence-corrected chi connectivity index (χ1v) is 5.82. The molecule has 0 aliphatic carbocycles. The van der Waals surface area contributed by atoms with Crippen molar-refractivity contribution in [3.8, 4) is 0 Å². The Hall–Kier alpha value is 0.220. The predicted molar refractivity (Wildman–Crippen MR) is 45.0 cm³/mol. The molecule has 1 rings (SSSR count). The lowest BCUT2D eigenvalue weighted by atomic mass is 10.2. The zero-order valence-corrected chi connectivity index (χ0v) is 7.78. The van der Waals surface area contributed by atoms with Crippen LogP contribution in [0.5, 0.6) is 0 Å². The molecule has 1 heterocycles. The summed E-state index contributed by atoms with van der Waals surface area (Å²) in [7, 11) is -3.99. The van der Waals surface area contributed by atoms with Gasteiger partial charge in [0.1, 0.15) is 0 Å². The van der Waals surface area contributed by atoms with E-state index < -0.39 is 10.3 Å². The van der Waals surface area contributed by atoms with Crippen LogP contribution in [0.4, 0.5) is 0 Å². The molecule has 0 aromatic rings. The normalized spacial score (nSPS) is 32.5. The lowest BCUT2D eigenvalue weighted by Gasteiger charge is -2.06. The molecule has 1 saturated heterocycles. The summed E-state index contributed by atoms with van der Waals surface area (Å²) < 4.78 is 31.2. The van der Waals surface area contributed by atoms with E-state index in [9.17, 15) is 8.42 Å². The summed E-state index contributed by atoms with van der Waals surface area (Å²) in [6.45, 7) is 2.04. The number of rotatable bonds is 2. The van der Waals surface area contributed by atoms with Crippen LogP contribution in [0.25, 0.3) is 0 Å². The first kappa shape index (κ1) is 9.31. The lowest BCUT2D eigenvalue weighted by molar-refractivity contribution is 0.454. The molecule has 0 bridgehead atoms. The summed E-state index contributed by atoms with van der Waals surface area (Å²) in [5.74, 6) is 0.751. The second kappa shape index (κ2) is 3.30. The third-order valence-corrected chi connectivity index (χ3v) is 3.50. The third-order valence-electron chi connectivity index (χ3n) is 1.51. The van der Waals surface area contributed by atoms with E-state index in [-0.39, 0.29) is 6.04 Å². The molecule has 1 aliphatic heterocycles. The first-order chi connectivity index (χ1) is 4.97. The zero-order valence-electron chi connectivity index (χ0n) is 6.15. The highest BCUT2D eigenvalue weighted by atomic mass is 32.2. The molecule has 0 aromatic heterocycles. The van der Waals surface area contributed by atoms with Crippen LogP contribution < -0.4 is 4.72 Å². The van der Waals surface area contributed by atoms with Crippen molar-refractivity contribution in [3.05, 3.63) is 0 Å². The lowest BCUT2D eigenvalue weighted by Crippen LogP contribution is -2.34. The second-order valence-corrected chi connectivity index (χ2v) is 5.33. The van der Waals surface area contributed by atoms with E-state index in [4.69, 9.17) is 4.55 Å². The Morgan fingerprint density at radius 1 is 1.64 bits per heavy atom. The quantitative estimate of drug-likeness (QED) is 0.624. The second-order valence-electron chi connectivity index (χ2n) is 2.67. The van der Waals surface area contributed by atoms with Crippen molar-refractivity contribution in [3.63, 3.8) is 0 Å². The molecule has 2 atom stereocenters. The SMILES string of the molecule is CC1CC(NS(=O)(=O)O)CS1. The number of nitrogens with one attached hydrogen (secondary N) is 1. The summed E-state index contributed by atoms with van der Waals surface area (Å²) in [4.78, 5) is 0. The van der Waals surface area contributed by atoms with Crippen LogP contribution in [0.2, 0.25) is 0 Å². The molecule has 0 amide bonds. The molecule has 0 radical (unpaired) electrons. The van der Waals surface area contributed by atoms with Crippen molar-refractivity contribution in [2.45, 2.75) is 24.6 Å². The van der Waals surface area contributed by atoms with Gasteiger partial charge in [-0.1, -0.05) is 6.92 Å². The Bertz CT molecular complexity index is 226. The molecule has 6 heteroatoms. The minimum Gasteiger partial charge on any atom is -0.273 e. The molecule has 11 heavy (non-hydrogen) atoms.